The molecule has 0 aromatic carbocycles. The zero-order valence-corrected chi connectivity index (χ0v) is 13.4. The van der Waals surface area contributed by atoms with Gasteiger partial charge in [-0.15, -0.1) is 0 Å². The standard InChI is InChI=1S/C21H27N/c1-9-3-19-4-10-2-13-14(19)12(1)15-17-16(13)21(6-10)8-11(22-17)7-20(15,5-9)18(19)21/h9-18,22H,1-8H2. The zero-order valence-electron chi connectivity index (χ0n) is 13.4. The van der Waals surface area contributed by atoms with Crippen LogP contribution in [0.2, 0.25) is 0 Å². The summed E-state index contributed by atoms with van der Waals surface area (Å²) >= 11 is 0. The fourth-order valence-corrected chi connectivity index (χ4v) is 13.6. The smallest absolute Gasteiger partial charge is 0.0142 e. The summed E-state index contributed by atoms with van der Waals surface area (Å²) in [6.07, 6.45) is 13.3. The fraction of sp³-hybridized carbons (Fsp3) is 1.00. The van der Waals surface area contributed by atoms with Gasteiger partial charge in [-0.3, -0.25) is 0 Å². The van der Waals surface area contributed by atoms with Crippen LogP contribution in [0, 0.1) is 63.6 Å². The molecule has 0 aromatic heterocycles. The van der Waals surface area contributed by atoms with Crippen molar-refractivity contribution in [3.05, 3.63) is 0 Å². The molecule has 2 saturated heterocycles. The summed E-state index contributed by atoms with van der Waals surface area (Å²) < 4.78 is 0. The Kier molecular flexibility index (Phi) is 1.26. The minimum absolute atomic E-state index is 0.866. The van der Waals surface area contributed by atoms with Gasteiger partial charge in [0.2, 0.25) is 0 Å². The van der Waals surface area contributed by atoms with Crippen LogP contribution in [-0.4, -0.2) is 12.1 Å². The molecule has 13 fully saturated rings. The first-order valence-corrected chi connectivity index (χ1v) is 10.5. The molecule has 1 heteroatoms. The summed E-state index contributed by atoms with van der Waals surface area (Å²) in [5.41, 5.74) is 2.63. The van der Waals surface area contributed by atoms with E-state index in [0.717, 1.165) is 52.0 Å². The Morgan fingerprint density at radius 3 is 1.77 bits per heavy atom. The second kappa shape index (κ2) is 2.57. The lowest BCUT2D eigenvalue weighted by atomic mass is 9.12. The summed E-state index contributed by atoms with van der Waals surface area (Å²) in [5, 5.41) is 4.26. The maximum atomic E-state index is 4.26. The van der Waals surface area contributed by atoms with Crippen LogP contribution in [0.15, 0.2) is 0 Å². The molecule has 8 unspecified atom stereocenters. The van der Waals surface area contributed by atoms with Crippen molar-refractivity contribution in [3.63, 3.8) is 0 Å². The van der Waals surface area contributed by atoms with E-state index in [2.05, 4.69) is 5.32 Å². The maximum absolute atomic E-state index is 4.26. The van der Waals surface area contributed by atoms with Crippen LogP contribution in [0.4, 0.5) is 0 Å². The van der Waals surface area contributed by atoms with E-state index in [1.54, 1.807) is 51.4 Å². The highest BCUT2D eigenvalue weighted by molar-refractivity contribution is 5.39. The zero-order chi connectivity index (χ0) is 13.6. The van der Waals surface area contributed by atoms with Crippen molar-refractivity contribution in [1.29, 1.82) is 0 Å². The number of piperidine rings is 2. The molecule has 22 heavy (non-hydrogen) atoms. The van der Waals surface area contributed by atoms with E-state index < -0.39 is 0 Å². The van der Waals surface area contributed by atoms with Crippen LogP contribution in [0.1, 0.15) is 51.4 Å². The summed E-state index contributed by atoms with van der Waals surface area (Å²) in [7, 11) is 0. The molecule has 2 aliphatic heterocycles. The predicted molar refractivity (Wildman–Crippen MR) is 82.9 cm³/mol. The fourth-order valence-electron chi connectivity index (χ4n) is 13.6. The molecule has 116 valence electrons. The van der Waals surface area contributed by atoms with Gasteiger partial charge in [0.05, 0.1) is 0 Å². The lowest BCUT2D eigenvalue weighted by Crippen LogP contribution is -2.92. The van der Waals surface area contributed by atoms with Crippen molar-refractivity contribution in [2.75, 3.05) is 0 Å². The molecule has 3 spiro atoms. The highest BCUT2D eigenvalue weighted by atomic mass is 15.1. The summed E-state index contributed by atoms with van der Waals surface area (Å²) in [6, 6.07) is 1.93. The monoisotopic (exact) mass is 293 g/mol. The molecule has 0 amide bonds. The number of rotatable bonds is 0. The first-order valence-electron chi connectivity index (χ1n) is 10.5. The van der Waals surface area contributed by atoms with Gasteiger partial charge in [0.1, 0.15) is 0 Å². The number of hydrogen-bond acceptors (Lipinski definition) is 1. The second-order valence-corrected chi connectivity index (χ2v) is 11.9. The highest BCUT2D eigenvalue weighted by Gasteiger charge is 2.89. The lowest BCUT2D eigenvalue weighted by molar-refractivity contribution is -0.444. The van der Waals surface area contributed by atoms with Crippen molar-refractivity contribution in [3.8, 4) is 0 Å². The Balaban J connectivity index is 1.48. The van der Waals surface area contributed by atoms with Crippen molar-refractivity contribution in [2.45, 2.75) is 63.5 Å². The Morgan fingerprint density at radius 1 is 0.636 bits per heavy atom. The van der Waals surface area contributed by atoms with Crippen molar-refractivity contribution >= 4 is 0 Å². The van der Waals surface area contributed by atoms with Crippen LogP contribution < -0.4 is 5.32 Å². The summed E-state index contributed by atoms with van der Waals surface area (Å²) in [4.78, 5) is 0. The Morgan fingerprint density at radius 2 is 1.18 bits per heavy atom. The number of nitrogens with one attached hydrogen (secondary N) is 1. The largest absolute Gasteiger partial charge is 0.311 e. The van der Waals surface area contributed by atoms with E-state index >= 15 is 0 Å². The average molecular weight is 293 g/mol. The molecular formula is C21H27N. The third kappa shape index (κ3) is 0.690. The van der Waals surface area contributed by atoms with Gasteiger partial charge >= 0.3 is 0 Å². The minimum atomic E-state index is 0.866. The average Bonchev–Trinajstić information content (AvgIpc) is 2.42. The van der Waals surface area contributed by atoms with E-state index in [9.17, 15) is 0 Å². The number of hydrogen-bond donors (Lipinski definition) is 1. The molecule has 0 aromatic rings. The van der Waals surface area contributed by atoms with Crippen LogP contribution in [0.5, 0.6) is 0 Å². The van der Waals surface area contributed by atoms with E-state index in [1.807, 2.05) is 0 Å². The van der Waals surface area contributed by atoms with E-state index in [4.69, 9.17) is 0 Å². The van der Waals surface area contributed by atoms with Gasteiger partial charge in [-0.2, -0.15) is 0 Å². The molecule has 1 nitrogen and oxygen atoms in total. The van der Waals surface area contributed by atoms with Gasteiger partial charge in [-0.05, 0) is 115 Å². The molecule has 2 heterocycles. The van der Waals surface area contributed by atoms with E-state index in [1.165, 1.54) is 23.7 Å². The van der Waals surface area contributed by atoms with Crippen molar-refractivity contribution in [2.24, 2.45) is 63.6 Å². The summed E-state index contributed by atoms with van der Waals surface area (Å²) in [6.45, 7) is 0. The highest BCUT2D eigenvalue weighted by Crippen LogP contribution is 2.93. The quantitative estimate of drug-likeness (QED) is 0.721. The van der Waals surface area contributed by atoms with E-state index in [0.29, 0.717) is 0 Å². The Labute approximate surface area is 133 Å². The lowest BCUT2D eigenvalue weighted by Gasteiger charge is -2.93. The van der Waals surface area contributed by atoms with Gasteiger partial charge in [0.15, 0.2) is 0 Å². The topological polar surface area (TPSA) is 12.0 Å². The maximum Gasteiger partial charge on any atom is 0.0142 e. The third-order valence-corrected chi connectivity index (χ3v) is 11.9. The van der Waals surface area contributed by atoms with Crippen LogP contribution in [0.25, 0.3) is 0 Å². The Hall–Kier alpha value is -0.0400. The molecule has 0 radical (unpaired) electrons. The Bertz CT molecular complexity index is 544. The van der Waals surface area contributed by atoms with Gasteiger partial charge in [0, 0.05) is 12.1 Å². The van der Waals surface area contributed by atoms with Crippen LogP contribution >= 0.6 is 0 Å². The summed E-state index contributed by atoms with van der Waals surface area (Å²) in [5.74, 6) is 9.42. The van der Waals surface area contributed by atoms with Gasteiger partial charge < -0.3 is 5.32 Å². The molecule has 8 atom stereocenters. The van der Waals surface area contributed by atoms with E-state index in [-0.39, 0.29) is 0 Å². The van der Waals surface area contributed by atoms with Crippen LogP contribution in [-0.2, 0) is 0 Å². The molecule has 11 aliphatic carbocycles. The predicted octanol–water partition coefficient (Wildman–Crippen LogP) is 3.45. The first kappa shape index (κ1) is 10.7. The van der Waals surface area contributed by atoms with Crippen molar-refractivity contribution < 1.29 is 0 Å². The van der Waals surface area contributed by atoms with Gasteiger partial charge in [-0.1, -0.05) is 0 Å². The molecule has 13 bridgehead atoms. The SMILES string of the molecule is C1C2CC34CC5CC6C3C1C1C3NC7CC1(C2)C4C(C5)(C7)C63. The molecule has 11 saturated carbocycles. The molecular weight excluding hydrogens is 266 g/mol. The minimum Gasteiger partial charge on any atom is -0.311 e. The van der Waals surface area contributed by atoms with Crippen molar-refractivity contribution in [1.82, 2.24) is 5.32 Å². The second-order valence-electron chi connectivity index (χ2n) is 11.9. The van der Waals surface area contributed by atoms with Gasteiger partial charge in [-0.25, -0.2) is 0 Å². The first-order chi connectivity index (χ1) is 10.8. The van der Waals surface area contributed by atoms with Gasteiger partial charge in [0.25, 0.3) is 0 Å². The molecule has 13 aliphatic rings. The molecule has 1 N–H and O–H groups in total. The van der Waals surface area contributed by atoms with Crippen LogP contribution in [0.3, 0.4) is 0 Å². The third-order valence-electron chi connectivity index (χ3n) is 11.9. The normalized spacial score (nSPS) is 85.1. The molecule has 13 rings (SSSR count).